The van der Waals surface area contributed by atoms with E-state index in [0.717, 1.165) is 18.2 Å². The molecule has 0 saturated heterocycles. The lowest BCUT2D eigenvalue weighted by molar-refractivity contribution is -0.144. The molecule has 4 aromatic carbocycles. The summed E-state index contributed by atoms with van der Waals surface area (Å²) in [5, 5.41) is 2.21. The van der Waals surface area contributed by atoms with Gasteiger partial charge in [-0.2, -0.15) is 26.3 Å². The topological polar surface area (TPSA) is 73.9 Å². The molecule has 0 aliphatic rings. The Balaban J connectivity index is 1.59. The number of benzene rings is 4. The van der Waals surface area contributed by atoms with E-state index in [1.54, 1.807) is 18.2 Å². The van der Waals surface area contributed by atoms with E-state index in [1.165, 1.54) is 0 Å². The van der Waals surface area contributed by atoms with E-state index in [4.69, 9.17) is 14.2 Å². The van der Waals surface area contributed by atoms with Crippen molar-refractivity contribution < 1.29 is 50.1 Å². The van der Waals surface area contributed by atoms with Crippen LogP contribution in [0.1, 0.15) is 38.2 Å². The van der Waals surface area contributed by atoms with E-state index in [-0.39, 0.29) is 37.8 Å². The van der Waals surface area contributed by atoms with Gasteiger partial charge in [-0.15, -0.1) is 0 Å². The molecule has 1 N–H and O–H groups in total. The third kappa shape index (κ3) is 9.24. The molecule has 0 spiro atoms. The van der Waals surface area contributed by atoms with Crippen LogP contribution < -0.4 is 14.8 Å². The van der Waals surface area contributed by atoms with Crippen molar-refractivity contribution in [1.82, 2.24) is 5.32 Å². The molecule has 1 amide bonds. The van der Waals surface area contributed by atoms with Crippen molar-refractivity contribution in [2.24, 2.45) is 0 Å². The molecule has 0 radical (unpaired) electrons. The van der Waals surface area contributed by atoms with Gasteiger partial charge in [-0.05, 0) is 47.0 Å². The third-order valence-electron chi connectivity index (χ3n) is 6.56. The number of amides is 1. The summed E-state index contributed by atoms with van der Waals surface area (Å²) in [6.07, 6.45) is -10.5. The van der Waals surface area contributed by atoms with Crippen LogP contribution in [0.15, 0.2) is 97.1 Å². The van der Waals surface area contributed by atoms with Crippen molar-refractivity contribution in [2.45, 2.75) is 38.0 Å². The van der Waals surface area contributed by atoms with Crippen LogP contribution in [0.25, 0.3) is 0 Å². The number of halogens is 6. The smallest absolute Gasteiger partial charge is 0.416 e. The Labute approximate surface area is 254 Å². The summed E-state index contributed by atoms with van der Waals surface area (Å²) in [5.41, 5.74) is -2.07. The van der Waals surface area contributed by atoms with Crippen molar-refractivity contribution >= 4 is 11.9 Å². The summed E-state index contributed by atoms with van der Waals surface area (Å²) in [7, 11) is 1.03. The van der Waals surface area contributed by atoms with Gasteiger partial charge in [-0.3, -0.25) is 4.79 Å². The first-order valence-electron chi connectivity index (χ1n) is 13.5. The Morgan fingerprint density at radius 3 is 1.67 bits per heavy atom. The van der Waals surface area contributed by atoms with Crippen molar-refractivity contribution in [3.63, 3.8) is 0 Å². The first-order valence-corrected chi connectivity index (χ1v) is 13.5. The largest absolute Gasteiger partial charge is 0.485 e. The molecule has 4 aromatic rings. The number of esters is 1. The van der Waals surface area contributed by atoms with E-state index in [2.05, 4.69) is 5.32 Å². The molecule has 0 aromatic heterocycles. The summed E-state index contributed by atoms with van der Waals surface area (Å²) in [5.74, 6) is -1.62. The highest BCUT2D eigenvalue weighted by atomic mass is 19.4. The Morgan fingerprint density at radius 1 is 0.667 bits per heavy atom. The Morgan fingerprint density at radius 2 is 1.18 bits per heavy atom. The van der Waals surface area contributed by atoms with Crippen LogP contribution in [0.4, 0.5) is 26.3 Å². The summed E-state index contributed by atoms with van der Waals surface area (Å²) in [6.45, 7) is 0.389. The maximum atomic E-state index is 13.3. The van der Waals surface area contributed by atoms with Gasteiger partial charge in [-0.25, -0.2) is 4.79 Å². The standard InChI is InChI=1S/C33H27F6NO5/c1-43-31(42)27(40-30(41)24-16-25(32(34,35)36)18-26(17-24)33(37,38)39)14-23-12-13-28(44-19-21-8-4-2-5-9-21)29(15-23)45-20-22-10-6-3-7-11-22/h2-13,15-18,27H,14,19-20H2,1H3,(H,40,41)/t27-/m0/s1. The molecule has 0 unspecified atom stereocenters. The SMILES string of the molecule is COC(=O)[C@H](Cc1ccc(OCc2ccccc2)c(OCc2ccccc2)c1)NC(=O)c1cc(C(F)(F)F)cc(C(F)(F)F)c1. The van der Waals surface area contributed by atoms with Crippen LogP contribution in [0.2, 0.25) is 0 Å². The molecule has 12 heteroatoms. The summed E-state index contributed by atoms with van der Waals surface area (Å²) in [6, 6.07) is 22.4. The van der Waals surface area contributed by atoms with Crippen molar-refractivity contribution in [1.29, 1.82) is 0 Å². The first-order chi connectivity index (χ1) is 21.3. The lowest BCUT2D eigenvalue weighted by Crippen LogP contribution is -2.43. The van der Waals surface area contributed by atoms with Crippen LogP contribution in [-0.4, -0.2) is 25.0 Å². The van der Waals surface area contributed by atoms with Gasteiger partial charge in [0.15, 0.2) is 11.5 Å². The summed E-state index contributed by atoms with van der Waals surface area (Å²) >= 11 is 0. The number of rotatable bonds is 11. The molecule has 0 heterocycles. The Kier molecular flexibility index (Phi) is 10.4. The van der Waals surface area contributed by atoms with Crippen LogP contribution in [-0.2, 0) is 41.5 Å². The van der Waals surface area contributed by atoms with E-state index < -0.39 is 47.0 Å². The van der Waals surface area contributed by atoms with Gasteiger partial charge in [0, 0.05) is 12.0 Å². The second-order valence-corrected chi connectivity index (χ2v) is 9.88. The number of methoxy groups -OCH3 is 1. The quantitative estimate of drug-likeness (QED) is 0.138. The fraction of sp³-hybridized carbons (Fsp3) is 0.212. The van der Waals surface area contributed by atoms with Gasteiger partial charge in [0.2, 0.25) is 0 Å². The molecular weight excluding hydrogens is 604 g/mol. The Bertz CT molecular complexity index is 1580. The number of ether oxygens (including phenoxy) is 3. The maximum Gasteiger partial charge on any atom is 0.416 e. The second kappa shape index (κ2) is 14.2. The summed E-state index contributed by atoms with van der Waals surface area (Å²) < 4.78 is 96.7. The van der Waals surface area contributed by atoms with Gasteiger partial charge >= 0.3 is 18.3 Å². The molecule has 0 aliphatic heterocycles. The minimum Gasteiger partial charge on any atom is -0.485 e. The van der Waals surface area contributed by atoms with Crippen LogP contribution in [0.3, 0.4) is 0 Å². The molecule has 6 nitrogen and oxygen atoms in total. The van der Waals surface area contributed by atoms with Gasteiger partial charge in [0.25, 0.3) is 5.91 Å². The number of carbonyl (C=O) groups is 2. The van der Waals surface area contributed by atoms with Crippen molar-refractivity contribution in [3.05, 3.63) is 130 Å². The minimum atomic E-state index is -5.15. The lowest BCUT2D eigenvalue weighted by Gasteiger charge is -2.19. The average Bonchev–Trinajstić information content (AvgIpc) is 3.02. The monoisotopic (exact) mass is 631 g/mol. The van der Waals surface area contributed by atoms with E-state index in [9.17, 15) is 35.9 Å². The number of carbonyl (C=O) groups excluding carboxylic acids is 2. The molecular formula is C33H27F6NO5. The lowest BCUT2D eigenvalue weighted by atomic mass is 10.0. The van der Waals surface area contributed by atoms with Crippen molar-refractivity contribution in [3.8, 4) is 11.5 Å². The number of nitrogens with one attached hydrogen (secondary N) is 1. The highest BCUT2D eigenvalue weighted by Gasteiger charge is 2.38. The fourth-order valence-corrected chi connectivity index (χ4v) is 4.28. The molecule has 4 rings (SSSR count). The van der Waals surface area contributed by atoms with Gasteiger partial charge in [0.1, 0.15) is 19.3 Å². The van der Waals surface area contributed by atoms with Gasteiger partial charge in [-0.1, -0.05) is 66.7 Å². The van der Waals surface area contributed by atoms with Crippen LogP contribution in [0.5, 0.6) is 11.5 Å². The predicted octanol–water partition coefficient (Wildman–Crippen LogP) is 7.40. The average molecular weight is 632 g/mol. The van der Waals surface area contributed by atoms with Gasteiger partial charge in [0.05, 0.1) is 18.2 Å². The molecule has 0 bridgehead atoms. The molecule has 236 valence electrons. The minimum absolute atomic E-state index is 0.0903. The predicted molar refractivity (Wildman–Crippen MR) is 151 cm³/mol. The third-order valence-corrected chi connectivity index (χ3v) is 6.56. The maximum absolute atomic E-state index is 13.3. The fourth-order valence-electron chi connectivity index (χ4n) is 4.28. The highest BCUT2D eigenvalue weighted by Crippen LogP contribution is 2.36. The van der Waals surface area contributed by atoms with Crippen LogP contribution in [0, 0.1) is 0 Å². The number of hydrogen-bond donors (Lipinski definition) is 1. The van der Waals surface area contributed by atoms with Crippen LogP contribution >= 0.6 is 0 Å². The zero-order chi connectivity index (χ0) is 32.6. The molecule has 0 aliphatic carbocycles. The highest BCUT2D eigenvalue weighted by molar-refractivity contribution is 5.97. The number of alkyl halides is 6. The number of hydrogen-bond acceptors (Lipinski definition) is 5. The van der Waals surface area contributed by atoms with E-state index in [0.29, 0.717) is 17.1 Å². The van der Waals surface area contributed by atoms with Crippen molar-refractivity contribution in [2.75, 3.05) is 7.11 Å². The molecule has 45 heavy (non-hydrogen) atoms. The zero-order valence-electron chi connectivity index (χ0n) is 23.7. The van der Waals surface area contributed by atoms with Gasteiger partial charge < -0.3 is 19.5 Å². The van der Waals surface area contributed by atoms with E-state index in [1.807, 2.05) is 60.7 Å². The molecule has 0 saturated carbocycles. The second-order valence-electron chi connectivity index (χ2n) is 9.88. The molecule has 0 fully saturated rings. The first kappa shape index (κ1) is 32.9. The van der Waals surface area contributed by atoms with E-state index >= 15 is 0 Å². The Hall–Kier alpha value is -5.00. The molecule has 1 atom stereocenters. The summed E-state index contributed by atoms with van der Waals surface area (Å²) in [4.78, 5) is 25.5. The normalized spacial score (nSPS) is 12.2. The zero-order valence-corrected chi connectivity index (χ0v) is 23.7.